The van der Waals surface area contributed by atoms with Crippen molar-refractivity contribution in [2.45, 2.75) is 19.9 Å². The summed E-state index contributed by atoms with van der Waals surface area (Å²) in [5, 5.41) is 11.4. The molecule has 0 fully saturated rings. The summed E-state index contributed by atoms with van der Waals surface area (Å²) in [5.41, 5.74) is -0.174. The molecular formula is C17H15N3O4. The van der Waals surface area contributed by atoms with Gasteiger partial charge in [0.05, 0.1) is 21.5 Å². The number of non-ortho nitro benzene ring substituents is 1. The van der Waals surface area contributed by atoms with Crippen LogP contribution < -0.4 is 11.2 Å². The topological polar surface area (TPSA) is 87.1 Å². The highest BCUT2D eigenvalue weighted by molar-refractivity contribution is 5.79. The van der Waals surface area contributed by atoms with E-state index in [1.807, 2.05) is 6.92 Å². The van der Waals surface area contributed by atoms with Gasteiger partial charge >= 0.3 is 5.69 Å². The number of nitro groups is 1. The molecule has 0 radical (unpaired) electrons. The van der Waals surface area contributed by atoms with Crippen LogP contribution in [0.2, 0.25) is 0 Å². The predicted octanol–water partition coefficient (Wildman–Crippen LogP) is 2.47. The molecule has 3 rings (SSSR count). The van der Waals surface area contributed by atoms with E-state index in [2.05, 4.69) is 0 Å². The first-order valence-electron chi connectivity index (χ1n) is 7.54. The second-order valence-corrected chi connectivity index (χ2v) is 5.37. The molecule has 0 aliphatic rings. The lowest BCUT2D eigenvalue weighted by Crippen LogP contribution is -2.39. The van der Waals surface area contributed by atoms with E-state index in [-0.39, 0.29) is 17.8 Å². The van der Waals surface area contributed by atoms with Crippen LogP contribution in [0.15, 0.2) is 58.1 Å². The largest absolute Gasteiger partial charge is 0.336 e. The van der Waals surface area contributed by atoms with Crippen LogP contribution in [0.1, 0.15) is 13.3 Å². The van der Waals surface area contributed by atoms with Gasteiger partial charge < -0.3 is 0 Å². The van der Waals surface area contributed by atoms with Crippen molar-refractivity contribution in [1.82, 2.24) is 9.13 Å². The average molecular weight is 325 g/mol. The van der Waals surface area contributed by atoms with Gasteiger partial charge in [0, 0.05) is 18.7 Å². The smallest absolute Gasteiger partial charge is 0.268 e. The predicted molar refractivity (Wildman–Crippen MR) is 90.8 cm³/mol. The van der Waals surface area contributed by atoms with E-state index < -0.39 is 10.6 Å². The maximum atomic E-state index is 12.8. The van der Waals surface area contributed by atoms with Crippen molar-refractivity contribution in [3.8, 4) is 5.69 Å². The van der Waals surface area contributed by atoms with Crippen LogP contribution in [0.5, 0.6) is 0 Å². The Balaban J connectivity index is 2.43. The second-order valence-electron chi connectivity index (χ2n) is 5.37. The van der Waals surface area contributed by atoms with Gasteiger partial charge in [0.1, 0.15) is 0 Å². The molecule has 7 heteroatoms. The van der Waals surface area contributed by atoms with Gasteiger partial charge in [0.25, 0.3) is 11.2 Å². The molecule has 0 unspecified atom stereocenters. The molecular weight excluding hydrogens is 310 g/mol. The van der Waals surface area contributed by atoms with E-state index in [4.69, 9.17) is 0 Å². The van der Waals surface area contributed by atoms with Crippen LogP contribution in [0.3, 0.4) is 0 Å². The first kappa shape index (κ1) is 15.7. The minimum Gasteiger partial charge on any atom is -0.268 e. The van der Waals surface area contributed by atoms with Crippen LogP contribution >= 0.6 is 0 Å². The SMILES string of the molecule is CCCn1c(=O)c2ccccc2n(-c2cccc([N+](=O)[O-])c2)c1=O. The van der Waals surface area contributed by atoms with Crippen molar-refractivity contribution < 1.29 is 4.92 Å². The molecule has 1 heterocycles. The summed E-state index contributed by atoms with van der Waals surface area (Å²) in [6.45, 7) is 2.16. The minimum atomic E-state index is -0.515. The number of para-hydroxylation sites is 1. The Kier molecular flexibility index (Phi) is 3.99. The van der Waals surface area contributed by atoms with E-state index in [1.54, 1.807) is 30.3 Å². The van der Waals surface area contributed by atoms with Crippen molar-refractivity contribution in [2.75, 3.05) is 0 Å². The molecule has 0 atom stereocenters. The number of nitrogens with zero attached hydrogens (tertiary/aromatic N) is 3. The molecule has 0 amide bonds. The first-order valence-corrected chi connectivity index (χ1v) is 7.54. The van der Waals surface area contributed by atoms with Crippen LogP contribution in [0, 0.1) is 10.1 Å². The summed E-state index contributed by atoms with van der Waals surface area (Å²) in [5.74, 6) is 0. The van der Waals surface area contributed by atoms with Crippen LogP contribution in [0.4, 0.5) is 5.69 Å². The maximum Gasteiger partial charge on any atom is 0.336 e. The second kappa shape index (κ2) is 6.11. The fourth-order valence-electron chi connectivity index (χ4n) is 2.72. The van der Waals surface area contributed by atoms with Crippen molar-refractivity contribution >= 4 is 16.6 Å². The zero-order valence-corrected chi connectivity index (χ0v) is 13.0. The van der Waals surface area contributed by atoms with Gasteiger partial charge in [-0.05, 0) is 24.6 Å². The summed E-state index contributed by atoms with van der Waals surface area (Å²) in [4.78, 5) is 35.9. The van der Waals surface area contributed by atoms with Crippen molar-refractivity contribution in [2.24, 2.45) is 0 Å². The fraction of sp³-hybridized carbons (Fsp3) is 0.176. The van der Waals surface area contributed by atoms with E-state index in [9.17, 15) is 19.7 Å². The zero-order chi connectivity index (χ0) is 17.3. The molecule has 24 heavy (non-hydrogen) atoms. The number of fused-ring (bicyclic) bond motifs is 1. The highest BCUT2D eigenvalue weighted by Gasteiger charge is 2.15. The van der Waals surface area contributed by atoms with Crippen LogP contribution in [-0.2, 0) is 6.54 Å². The number of rotatable bonds is 4. The summed E-state index contributed by atoms with van der Waals surface area (Å²) in [6.07, 6.45) is 0.627. The first-order chi connectivity index (χ1) is 11.5. The van der Waals surface area contributed by atoms with Crippen LogP contribution in [-0.4, -0.2) is 14.1 Å². The molecule has 7 nitrogen and oxygen atoms in total. The summed E-state index contributed by atoms with van der Waals surface area (Å²) < 4.78 is 2.51. The highest BCUT2D eigenvalue weighted by Crippen LogP contribution is 2.18. The Morgan fingerprint density at radius 1 is 1.08 bits per heavy atom. The third-order valence-electron chi connectivity index (χ3n) is 3.79. The normalized spacial score (nSPS) is 10.9. The Morgan fingerprint density at radius 3 is 2.54 bits per heavy atom. The van der Waals surface area contributed by atoms with Gasteiger partial charge in [-0.1, -0.05) is 25.1 Å². The third-order valence-corrected chi connectivity index (χ3v) is 3.79. The van der Waals surface area contributed by atoms with Crippen molar-refractivity contribution in [3.05, 3.63) is 79.5 Å². The lowest BCUT2D eigenvalue weighted by Gasteiger charge is -2.13. The molecule has 0 saturated carbocycles. The van der Waals surface area contributed by atoms with E-state index in [0.717, 1.165) is 0 Å². The van der Waals surface area contributed by atoms with Gasteiger partial charge in [0.2, 0.25) is 0 Å². The lowest BCUT2D eigenvalue weighted by atomic mass is 10.2. The Bertz CT molecular complexity index is 1050. The number of nitro benzene ring substituents is 1. The molecule has 3 aromatic rings. The van der Waals surface area contributed by atoms with Gasteiger partial charge in [-0.15, -0.1) is 0 Å². The molecule has 0 saturated heterocycles. The average Bonchev–Trinajstić information content (AvgIpc) is 2.59. The number of hydrogen-bond donors (Lipinski definition) is 0. The van der Waals surface area contributed by atoms with Crippen molar-refractivity contribution in [1.29, 1.82) is 0 Å². The highest BCUT2D eigenvalue weighted by atomic mass is 16.6. The van der Waals surface area contributed by atoms with Gasteiger partial charge in [-0.2, -0.15) is 0 Å². The van der Waals surface area contributed by atoms with E-state index in [0.29, 0.717) is 23.0 Å². The Morgan fingerprint density at radius 2 is 1.83 bits per heavy atom. The standard InChI is InChI=1S/C17H15N3O4/c1-2-10-18-16(21)14-8-3-4-9-15(14)19(17(18)22)12-6-5-7-13(11-12)20(23)24/h3-9,11H,2,10H2,1H3. The molecule has 0 N–H and O–H groups in total. The molecule has 0 bridgehead atoms. The summed E-state index contributed by atoms with van der Waals surface area (Å²) in [6, 6.07) is 12.6. The fourth-order valence-corrected chi connectivity index (χ4v) is 2.72. The number of aromatic nitrogens is 2. The van der Waals surface area contributed by atoms with Gasteiger partial charge in [0.15, 0.2) is 0 Å². The summed E-state index contributed by atoms with van der Waals surface area (Å²) >= 11 is 0. The van der Waals surface area contributed by atoms with Gasteiger partial charge in [-0.3, -0.25) is 24.0 Å². The number of hydrogen-bond acceptors (Lipinski definition) is 4. The summed E-state index contributed by atoms with van der Waals surface area (Å²) in [7, 11) is 0. The van der Waals surface area contributed by atoms with Crippen molar-refractivity contribution in [3.63, 3.8) is 0 Å². The molecule has 122 valence electrons. The molecule has 0 spiro atoms. The van der Waals surface area contributed by atoms with E-state index in [1.165, 1.54) is 27.3 Å². The third kappa shape index (κ3) is 2.50. The monoisotopic (exact) mass is 325 g/mol. The Hall–Kier alpha value is -3.22. The molecule has 0 aliphatic carbocycles. The molecule has 0 aliphatic heterocycles. The minimum absolute atomic E-state index is 0.114. The lowest BCUT2D eigenvalue weighted by molar-refractivity contribution is -0.384. The van der Waals surface area contributed by atoms with Gasteiger partial charge in [-0.25, -0.2) is 4.79 Å². The van der Waals surface area contributed by atoms with E-state index >= 15 is 0 Å². The number of benzene rings is 2. The Labute approximate surface area is 136 Å². The zero-order valence-electron chi connectivity index (χ0n) is 13.0. The quantitative estimate of drug-likeness (QED) is 0.544. The molecule has 2 aromatic carbocycles. The van der Waals surface area contributed by atoms with Crippen LogP contribution in [0.25, 0.3) is 16.6 Å². The maximum absolute atomic E-state index is 12.8. The molecule has 1 aromatic heterocycles.